The average Bonchev–Trinajstić information content (AvgIpc) is 1.61. The number of H-pyrrole nitrogens is 2. The molecule has 1 unspecified atom stereocenters. The first-order chi connectivity index (χ1) is 52.4. The predicted octanol–water partition coefficient (Wildman–Crippen LogP) is -0.605. The summed E-state index contributed by atoms with van der Waals surface area (Å²) in [6, 6.07) is 11.8. The number of carboxylic acid groups (broad SMARTS) is 1. The van der Waals surface area contributed by atoms with Crippen molar-refractivity contribution in [1.82, 2.24) is 83.1 Å². The largest absolute Gasteiger partial charge is 0.508 e. The number of amides is 12. The number of ketones is 1. The number of hydrogen-bond acceptors (Lipinski definition) is 18. The number of phenols is 1. The van der Waals surface area contributed by atoms with Gasteiger partial charge in [0.15, 0.2) is 5.96 Å². The lowest BCUT2D eigenvalue weighted by Gasteiger charge is -2.31. The molecule has 36 heteroatoms. The van der Waals surface area contributed by atoms with Crippen LogP contribution in [0, 0.1) is 11.3 Å². The number of guanidine groups is 1. The number of carboxylic acids is 1. The topological polar surface area (TPSA) is 553 Å². The van der Waals surface area contributed by atoms with E-state index in [4.69, 9.17) is 26.7 Å². The van der Waals surface area contributed by atoms with Crippen molar-refractivity contribution in [2.24, 2.45) is 17.4 Å². The maximum Gasteiger partial charge on any atom is 0.330 e. The van der Waals surface area contributed by atoms with Gasteiger partial charge in [-0.25, -0.2) is 15.2 Å². The average molecular weight is 1520 g/mol. The van der Waals surface area contributed by atoms with Crippen LogP contribution in [0.1, 0.15) is 130 Å². The molecule has 3 aromatic heterocycles. The van der Waals surface area contributed by atoms with Crippen LogP contribution in [0.5, 0.6) is 5.75 Å². The van der Waals surface area contributed by atoms with Gasteiger partial charge in [0.05, 0.1) is 42.4 Å². The van der Waals surface area contributed by atoms with Gasteiger partial charge in [0.2, 0.25) is 58.9 Å². The van der Waals surface area contributed by atoms with Gasteiger partial charge in [0, 0.05) is 79.9 Å². The molecule has 0 spiro atoms. The third kappa shape index (κ3) is 23.9. The quantitative estimate of drug-likeness (QED) is 0.00788. The number of primary amides is 1. The fourth-order valence-corrected chi connectivity index (χ4v) is 12.9. The van der Waals surface area contributed by atoms with E-state index in [1.807, 2.05) is 28.2 Å². The molecule has 6 aromatic rings. The summed E-state index contributed by atoms with van der Waals surface area (Å²) in [4.78, 5) is 186. The molecule has 110 heavy (non-hydrogen) atoms. The standard InChI is InChI=1S/C59H84N18O14.C15H13NO3/c1-31(2)22-40(49(82)68-39(12-8-20-64-57(60)61)56(89)77-21-9-13-46(77)55(88)75-76-58(62)90)69-54(87)45(29-91-59(3,4)5)74-50(83)41(23-32-14-16-35(79)17-15-32)70-53(86)44(28-78)73-51(84)42(24-33-26-65-37-11-7-6-10-36(33)37)71-52(85)43(25-34-27-63-30-66-34)72-48(81)38-18-19-47(80)67-38;17-14(10-4-2-1-3-5-10)13-7-6-12-11(15(18)19)8-9-16(12)13/h6-7,10-11,14-17,26-27,30-31,38-46,65,78-79H,8-9,12-13,18-25,28-29H2,1-5H3,(H,63,66)(H,67,80)(H,68,82)(H,69,87)(H,70,86)(H,71,85)(H,72,81)(H,73,84)(H,74,83)(H,75,88)(H4,60,61,64)(H3,62,76,90);1-7,11H,8-9H2,(H,18,19)/t38-,39-,40-,41-,42-,43-,44-,45+,46-;/m0./s1. The zero-order valence-electron chi connectivity index (χ0n) is 61.6. The van der Waals surface area contributed by atoms with Crippen LogP contribution in [-0.2, 0) is 83.3 Å². The first kappa shape index (κ1) is 83.4. The van der Waals surface area contributed by atoms with Gasteiger partial charge in [-0.2, -0.15) is 0 Å². The Labute approximate surface area is 632 Å². The highest BCUT2D eigenvalue weighted by Gasteiger charge is 2.41. The molecule has 21 N–H and O–H groups in total. The van der Waals surface area contributed by atoms with Crippen molar-refractivity contribution in [1.29, 1.82) is 5.41 Å². The SMILES string of the molecule is CC(C)C[C@H](NC(=O)[C@@H](COC(C)(C)C)NC(=O)[C@H](Cc1ccc(O)cc1)NC(=O)[C@H](CO)NC(=O)[C@H](Cc1c[nH]c2ccccc12)NC(=O)[C@H](Cc1c[nH]cn1)NC(=O)[C@@H]1CCC(=O)N1)C(=O)N[C@@H](CCCNC(=N)N)C(=O)N1CCC[C@H]1C(=O)NNC(N)=O.O=C(c1ccccc1)c1ccc2n1CCC2C(=O)O. The number of aromatic amines is 2. The molecule has 0 radical (unpaired) electrons. The van der Waals surface area contributed by atoms with E-state index >= 15 is 0 Å². The molecule has 0 aliphatic carbocycles. The molecule has 12 amide bonds. The smallest absolute Gasteiger partial charge is 0.330 e. The lowest BCUT2D eigenvalue weighted by Crippen LogP contribution is -2.62. The molecule has 36 nitrogen and oxygen atoms in total. The van der Waals surface area contributed by atoms with Crippen molar-refractivity contribution in [3.8, 4) is 5.75 Å². The van der Waals surface area contributed by atoms with Crippen LogP contribution < -0.4 is 70.2 Å². The summed E-state index contributed by atoms with van der Waals surface area (Å²) in [6.45, 7) is 7.92. The Hall–Kier alpha value is -12.2. The fraction of sp³-hybridized carbons (Fsp3) is 0.446. The fourth-order valence-electron chi connectivity index (χ4n) is 12.9. The molecule has 9 rings (SSSR count). The minimum absolute atomic E-state index is 0.00232. The number of aliphatic hydroxyl groups excluding tert-OH is 1. The van der Waals surface area contributed by atoms with Crippen LogP contribution in [-0.4, -0.2) is 209 Å². The number of imidazole rings is 1. The number of benzene rings is 3. The number of nitrogens with zero attached hydrogens (tertiary/aromatic N) is 3. The Balaban J connectivity index is 0.000000687. The lowest BCUT2D eigenvalue weighted by molar-refractivity contribution is -0.142. The number of likely N-dealkylation sites (tertiary alicyclic amines) is 1. The van der Waals surface area contributed by atoms with Crippen LogP contribution in [0.25, 0.3) is 10.9 Å². The van der Waals surface area contributed by atoms with Gasteiger partial charge in [-0.3, -0.25) is 68.4 Å². The molecule has 3 aliphatic rings. The van der Waals surface area contributed by atoms with E-state index in [1.165, 1.54) is 41.7 Å². The van der Waals surface area contributed by atoms with E-state index in [-0.39, 0.29) is 100 Å². The van der Waals surface area contributed by atoms with Crippen molar-refractivity contribution in [3.05, 3.63) is 143 Å². The summed E-state index contributed by atoms with van der Waals surface area (Å²) >= 11 is 0. The van der Waals surface area contributed by atoms with Gasteiger partial charge in [0.1, 0.15) is 60.1 Å². The van der Waals surface area contributed by atoms with Crippen molar-refractivity contribution in [3.63, 3.8) is 0 Å². The molecule has 2 fully saturated rings. The summed E-state index contributed by atoms with van der Waals surface area (Å²) in [5, 5.41) is 62.1. The summed E-state index contributed by atoms with van der Waals surface area (Å²) in [5.41, 5.74) is 17.8. The Morgan fingerprint density at radius 1 is 0.682 bits per heavy atom. The number of aromatic hydroxyl groups is 1. The Morgan fingerprint density at radius 3 is 1.93 bits per heavy atom. The lowest BCUT2D eigenvalue weighted by atomic mass is 10.0. The van der Waals surface area contributed by atoms with E-state index in [2.05, 4.69) is 68.2 Å². The van der Waals surface area contributed by atoms with E-state index in [9.17, 15) is 72.5 Å². The van der Waals surface area contributed by atoms with Gasteiger partial charge >= 0.3 is 12.0 Å². The van der Waals surface area contributed by atoms with E-state index in [1.54, 1.807) is 89.3 Å². The maximum atomic E-state index is 14.8. The molecule has 0 bridgehead atoms. The van der Waals surface area contributed by atoms with Crippen molar-refractivity contribution in [2.45, 2.75) is 178 Å². The molecular weight excluding hydrogens is 1430 g/mol. The van der Waals surface area contributed by atoms with Crippen LogP contribution in [0.2, 0.25) is 0 Å². The van der Waals surface area contributed by atoms with E-state index in [0.717, 1.165) is 5.69 Å². The van der Waals surface area contributed by atoms with Gasteiger partial charge in [-0.05, 0) is 113 Å². The van der Waals surface area contributed by atoms with Crippen LogP contribution >= 0.6 is 0 Å². The van der Waals surface area contributed by atoms with Gasteiger partial charge in [0.25, 0.3) is 5.91 Å². The number of aliphatic carboxylic acids is 1. The first-order valence-corrected chi connectivity index (χ1v) is 36.1. The maximum absolute atomic E-state index is 14.8. The number of ether oxygens (including phenoxy) is 1. The number of nitrogens with two attached hydrogens (primary N) is 2. The van der Waals surface area contributed by atoms with Gasteiger partial charge in [-0.15, -0.1) is 0 Å². The molecule has 10 atom stereocenters. The number of rotatable bonds is 34. The van der Waals surface area contributed by atoms with Crippen molar-refractivity contribution < 1.29 is 82.4 Å². The van der Waals surface area contributed by atoms with Crippen LogP contribution in [0.4, 0.5) is 4.79 Å². The minimum atomic E-state index is -1.80. The highest BCUT2D eigenvalue weighted by atomic mass is 16.5. The second-order valence-electron chi connectivity index (χ2n) is 28.3. The monoisotopic (exact) mass is 1520 g/mol. The summed E-state index contributed by atoms with van der Waals surface area (Å²) in [6.07, 6.45) is 5.51. The number of phenolic OH excluding ortho intramolecular Hbond substituents is 1. The zero-order chi connectivity index (χ0) is 79.9. The summed E-state index contributed by atoms with van der Waals surface area (Å²) < 4.78 is 7.85. The Bertz CT molecular complexity index is 4270. The van der Waals surface area contributed by atoms with Crippen LogP contribution in [0.15, 0.2) is 110 Å². The molecule has 590 valence electrons. The predicted molar refractivity (Wildman–Crippen MR) is 397 cm³/mol. The number of hydrazine groups is 1. The molecule has 3 aliphatic heterocycles. The normalized spacial score (nSPS) is 17.0. The van der Waals surface area contributed by atoms with Gasteiger partial charge < -0.3 is 98.8 Å². The third-order valence-electron chi connectivity index (χ3n) is 18.5. The minimum Gasteiger partial charge on any atom is -0.508 e. The highest BCUT2D eigenvalue weighted by molar-refractivity contribution is 6.08. The number of aliphatic hydroxyl groups is 1. The second kappa shape index (κ2) is 39.1. The number of carbonyl (C=O) groups excluding carboxylic acids is 12. The summed E-state index contributed by atoms with van der Waals surface area (Å²) in [5.74, 6) is -10.1. The molecule has 2 saturated heterocycles. The number of hydrogen-bond donors (Lipinski definition) is 19. The van der Waals surface area contributed by atoms with Crippen molar-refractivity contribution in [2.75, 3.05) is 26.3 Å². The number of fused-ring (bicyclic) bond motifs is 2. The number of aromatic nitrogens is 4. The number of urea groups is 1. The molecule has 3 aromatic carbocycles. The summed E-state index contributed by atoms with van der Waals surface area (Å²) in [7, 11) is 0. The second-order valence-corrected chi connectivity index (χ2v) is 28.3. The van der Waals surface area contributed by atoms with Crippen LogP contribution in [0.3, 0.4) is 0 Å². The molecule has 0 saturated carbocycles. The van der Waals surface area contributed by atoms with Gasteiger partial charge in [-0.1, -0.05) is 74.5 Å². The number of para-hydroxylation sites is 1. The van der Waals surface area contributed by atoms with E-state index in [0.29, 0.717) is 58.4 Å². The molecule has 6 heterocycles. The van der Waals surface area contributed by atoms with Crippen molar-refractivity contribution >= 4 is 93.7 Å². The van der Waals surface area contributed by atoms with E-state index < -0.39 is 144 Å². The molecular formula is C74H97N19O17. The highest BCUT2D eigenvalue weighted by Crippen LogP contribution is 2.32. The number of carbonyl (C=O) groups is 13. The first-order valence-electron chi connectivity index (χ1n) is 36.1. The zero-order valence-corrected chi connectivity index (χ0v) is 61.6. The number of nitrogens with one attached hydrogen (secondary N) is 14. The Kier molecular flexibility index (Phi) is 29.6. The third-order valence-corrected chi connectivity index (χ3v) is 18.5. The Morgan fingerprint density at radius 2 is 1.30 bits per heavy atom.